The van der Waals surface area contributed by atoms with E-state index in [1.165, 1.54) is 12.1 Å². The van der Waals surface area contributed by atoms with Gasteiger partial charge in [-0.1, -0.05) is 0 Å². The zero-order valence-corrected chi connectivity index (χ0v) is 11.5. The number of aromatic carboxylic acids is 1. The van der Waals surface area contributed by atoms with E-state index in [0.29, 0.717) is 0 Å². The van der Waals surface area contributed by atoms with Gasteiger partial charge in [0, 0.05) is 30.9 Å². The number of hydrogen-bond donors (Lipinski definition) is 1. The van der Waals surface area contributed by atoms with Crippen molar-refractivity contribution in [2.75, 3.05) is 31.6 Å². The molecule has 1 aromatic rings. The lowest BCUT2D eigenvalue weighted by molar-refractivity contribution is 0.0692. The van der Waals surface area contributed by atoms with Crippen molar-refractivity contribution >= 4 is 11.7 Å². The molecule has 1 aliphatic heterocycles. The highest BCUT2D eigenvalue weighted by atomic mass is 19.1. The molecule has 0 atom stereocenters. The maximum Gasteiger partial charge on any atom is 0.338 e. The lowest BCUT2D eigenvalue weighted by atomic mass is 9.99. The van der Waals surface area contributed by atoms with Gasteiger partial charge in [0.2, 0.25) is 0 Å². The fraction of sp³-hybridized carbons (Fsp3) is 0.500. The molecule has 1 aliphatic rings. The highest BCUT2D eigenvalue weighted by Crippen LogP contribution is 2.25. The van der Waals surface area contributed by atoms with Crippen LogP contribution < -0.4 is 4.90 Å². The van der Waals surface area contributed by atoms with Gasteiger partial charge in [-0.25, -0.2) is 9.18 Å². The molecule has 19 heavy (non-hydrogen) atoms. The Balaban J connectivity index is 2.24. The van der Waals surface area contributed by atoms with Crippen LogP contribution in [-0.2, 0) is 0 Å². The molecule has 4 nitrogen and oxygen atoms in total. The highest BCUT2D eigenvalue weighted by molar-refractivity contribution is 5.88. The minimum Gasteiger partial charge on any atom is -0.478 e. The second kappa shape index (κ2) is 4.81. The molecular formula is C14H19FN2O2. The van der Waals surface area contributed by atoms with Gasteiger partial charge < -0.3 is 10.0 Å². The Morgan fingerprint density at radius 1 is 1.37 bits per heavy atom. The molecule has 2 rings (SSSR count). The zero-order chi connectivity index (χ0) is 14.2. The summed E-state index contributed by atoms with van der Waals surface area (Å²) in [6.45, 7) is 6.78. The van der Waals surface area contributed by atoms with Crippen molar-refractivity contribution in [1.82, 2.24) is 4.90 Å². The number of anilines is 1. The summed E-state index contributed by atoms with van der Waals surface area (Å²) in [6.07, 6.45) is 0. The van der Waals surface area contributed by atoms with Crippen LogP contribution in [0.5, 0.6) is 0 Å². The summed E-state index contributed by atoms with van der Waals surface area (Å²) < 4.78 is 13.7. The number of carboxylic acid groups (broad SMARTS) is 1. The van der Waals surface area contributed by atoms with Gasteiger partial charge in [0.1, 0.15) is 5.82 Å². The third-order valence-electron chi connectivity index (χ3n) is 3.86. The van der Waals surface area contributed by atoms with Crippen LogP contribution in [0.25, 0.3) is 0 Å². The van der Waals surface area contributed by atoms with Gasteiger partial charge in [0.15, 0.2) is 0 Å². The van der Waals surface area contributed by atoms with E-state index in [-0.39, 0.29) is 11.1 Å². The SMILES string of the molecule is CN1CCN(c2ccc(C(=O)O)c(F)c2)CC1(C)C. The van der Waals surface area contributed by atoms with E-state index in [1.807, 2.05) is 0 Å². The van der Waals surface area contributed by atoms with Crippen molar-refractivity contribution < 1.29 is 14.3 Å². The third-order valence-corrected chi connectivity index (χ3v) is 3.86. The molecule has 1 aromatic carbocycles. The predicted molar refractivity (Wildman–Crippen MR) is 72.3 cm³/mol. The number of halogens is 1. The molecule has 5 heteroatoms. The molecule has 104 valence electrons. The lowest BCUT2D eigenvalue weighted by Crippen LogP contribution is -2.57. The first kappa shape index (κ1) is 13.8. The standard InChI is InChI=1S/C14H19FN2O2/c1-14(2)9-17(7-6-16(14)3)10-4-5-11(13(18)19)12(15)8-10/h4-5,8H,6-7,9H2,1-3H3,(H,18,19). The van der Waals surface area contributed by atoms with Crippen LogP contribution in [0.1, 0.15) is 24.2 Å². The van der Waals surface area contributed by atoms with E-state index < -0.39 is 11.8 Å². The van der Waals surface area contributed by atoms with Gasteiger partial charge >= 0.3 is 5.97 Å². The molecule has 0 amide bonds. The summed E-state index contributed by atoms with van der Waals surface area (Å²) in [4.78, 5) is 15.2. The summed E-state index contributed by atoms with van der Waals surface area (Å²) in [7, 11) is 2.07. The Labute approximate surface area is 112 Å². The first-order valence-electron chi connectivity index (χ1n) is 6.30. The summed E-state index contributed by atoms with van der Waals surface area (Å²) in [5.41, 5.74) is 0.473. The van der Waals surface area contributed by atoms with E-state index in [9.17, 15) is 9.18 Å². The molecule has 1 N–H and O–H groups in total. The van der Waals surface area contributed by atoms with Crippen molar-refractivity contribution in [1.29, 1.82) is 0 Å². The number of piperazine rings is 1. The maximum atomic E-state index is 13.7. The average molecular weight is 266 g/mol. The van der Waals surface area contributed by atoms with Crippen LogP contribution >= 0.6 is 0 Å². The Morgan fingerprint density at radius 3 is 2.58 bits per heavy atom. The number of nitrogens with zero attached hydrogens (tertiary/aromatic N) is 2. The fourth-order valence-corrected chi connectivity index (χ4v) is 2.33. The molecular weight excluding hydrogens is 247 g/mol. The van der Waals surface area contributed by atoms with Crippen LogP contribution in [0.3, 0.4) is 0 Å². The zero-order valence-electron chi connectivity index (χ0n) is 11.5. The average Bonchev–Trinajstić information content (AvgIpc) is 2.32. The van der Waals surface area contributed by atoms with Crippen LogP contribution in [-0.4, -0.2) is 48.2 Å². The normalized spacial score (nSPS) is 19.5. The third kappa shape index (κ3) is 2.71. The topological polar surface area (TPSA) is 43.8 Å². The minimum absolute atomic E-state index is 0.0141. The number of hydrogen-bond acceptors (Lipinski definition) is 3. The molecule has 0 radical (unpaired) electrons. The van der Waals surface area contributed by atoms with E-state index in [1.54, 1.807) is 6.07 Å². The Bertz CT molecular complexity index is 502. The van der Waals surface area contributed by atoms with E-state index in [2.05, 4.69) is 30.7 Å². The summed E-state index contributed by atoms with van der Waals surface area (Å²) >= 11 is 0. The Hall–Kier alpha value is -1.62. The number of carboxylic acids is 1. The van der Waals surface area contributed by atoms with Crippen molar-refractivity contribution in [2.45, 2.75) is 19.4 Å². The van der Waals surface area contributed by atoms with Crippen LogP contribution in [0.4, 0.5) is 10.1 Å². The molecule has 1 heterocycles. The predicted octanol–water partition coefficient (Wildman–Crippen LogP) is 2.05. The van der Waals surface area contributed by atoms with Crippen molar-refractivity contribution in [3.8, 4) is 0 Å². The quantitative estimate of drug-likeness (QED) is 0.890. The highest BCUT2D eigenvalue weighted by Gasteiger charge is 2.31. The molecule has 0 aliphatic carbocycles. The van der Waals surface area contributed by atoms with Gasteiger partial charge in [0.25, 0.3) is 0 Å². The van der Waals surface area contributed by atoms with E-state index in [0.717, 1.165) is 25.3 Å². The first-order chi connectivity index (χ1) is 8.81. The molecule has 0 aromatic heterocycles. The van der Waals surface area contributed by atoms with Crippen LogP contribution in [0.2, 0.25) is 0 Å². The molecule has 0 spiro atoms. The minimum atomic E-state index is -1.23. The molecule has 0 saturated carbocycles. The second-order valence-corrected chi connectivity index (χ2v) is 5.62. The van der Waals surface area contributed by atoms with Crippen LogP contribution in [0, 0.1) is 5.82 Å². The van der Waals surface area contributed by atoms with Crippen molar-refractivity contribution in [2.24, 2.45) is 0 Å². The van der Waals surface area contributed by atoms with Gasteiger partial charge in [-0.05, 0) is 39.1 Å². The molecule has 1 saturated heterocycles. The fourth-order valence-electron chi connectivity index (χ4n) is 2.33. The largest absolute Gasteiger partial charge is 0.478 e. The van der Waals surface area contributed by atoms with Gasteiger partial charge in [-0.2, -0.15) is 0 Å². The Morgan fingerprint density at radius 2 is 2.05 bits per heavy atom. The van der Waals surface area contributed by atoms with Crippen molar-refractivity contribution in [3.05, 3.63) is 29.6 Å². The van der Waals surface area contributed by atoms with Gasteiger partial charge in [-0.15, -0.1) is 0 Å². The van der Waals surface area contributed by atoms with Crippen LogP contribution in [0.15, 0.2) is 18.2 Å². The van der Waals surface area contributed by atoms with Gasteiger partial charge in [-0.3, -0.25) is 4.90 Å². The number of carbonyl (C=O) groups is 1. The molecule has 0 unspecified atom stereocenters. The van der Waals surface area contributed by atoms with Crippen molar-refractivity contribution in [3.63, 3.8) is 0 Å². The summed E-state index contributed by atoms with van der Waals surface area (Å²) in [5, 5.41) is 8.82. The molecule has 1 fully saturated rings. The number of likely N-dealkylation sites (N-methyl/N-ethyl adjacent to an activating group) is 1. The maximum absolute atomic E-state index is 13.7. The Kier molecular flexibility index (Phi) is 3.49. The monoisotopic (exact) mass is 266 g/mol. The van der Waals surface area contributed by atoms with E-state index in [4.69, 9.17) is 5.11 Å². The van der Waals surface area contributed by atoms with Gasteiger partial charge in [0.05, 0.1) is 5.56 Å². The smallest absolute Gasteiger partial charge is 0.338 e. The first-order valence-corrected chi connectivity index (χ1v) is 6.30. The summed E-state index contributed by atoms with van der Waals surface area (Å²) in [5.74, 6) is -1.91. The lowest BCUT2D eigenvalue weighted by Gasteiger charge is -2.46. The molecule has 0 bridgehead atoms. The van der Waals surface area contributed by atoms with E-state index >= 15 is 0 Å². The number of rotatable bonds is 2. The summed E-state index contributed by atoms with van der Waals surface area (Å²) in [6, 6.07) is 4.32. The second-order valence-electron chi connectivity index (χ2n) is 5.62. The number of benzene rings is 1.